The lowest BCUT2D eigenvalue weighted by molar-refractivity contribution is -0.116. The number of hydrogen-bond donors (Lipinski definition) is 1. The SMILES string of the molecule is COCCOc1ccc(CNC(=O)/C=C/c2ccc3c(c2)CCO3)cc1. The maximum atomic E-state index is 12.0. The number of nitrogens with one attached hydrogen (secondary N) is 1. The quantitative estimate of drug-likeness (QED) is 0.586. The molecule has 0 saturated carbocycles. The molecule has 0 atom stereocenters. The summed E-state index contributed by atoms with van der Waals surface area (Å²) in [5.74, 6) is 1.61. The third-order valence-corrected chi connectivity index (χ3v) is 4.09. The summed E-state index contributed by atoms with van der Waals surface area (Å²) in [7, 11) is 1.64. The van der Waals surface area contributed by atoms with Crippen molar-refractivity contribution in [1.82, 2.24) is 5.32 Å². The van der Waals surface area contributed by atoms with Gasteiger partial charge in [0.05, 0.1) is 13.2 Å². The normalized spacial score (nSPS) is 12.7. The first-order valence-electron chi connectivity index (χ1n) is 8.67. The molecule has 3 rings (SSSR count). The number of amides is 1. The van der Waals surface area contributed by atoms with Gasteiger partial charge in [0.1, 0.15) is 18.1 Å². The minimum absolute atomic E-state index is 0.123. The van der Waals surface area contributed by atoms with Crippen LogP contribution >= 0.6 is 0 Å². The Labute approximate surface area is 153 Å². The van der Waals surface area contributed by atoms with Crippen LogP contribution < -0.4 is 14.8 Å². The molecule has 0 radical (unpaired) electrons. The highest BCUT2D eigenvalue weighted by molar-refractivity contribution is 5.91. The molecule has 0 aliphatic carbocycles. The first-order chi connectivity index (χ1) is 12.7. The van der Waals surface area contributed by atoms with Crippen LogP contribution in [0.3, 0.4) is 0 Å². The molecule has 0 fully saturated rings. The molecule has 0 saturated heterocycles. The van der Waals surface area contributed by atoms with Crippen LogP contribution in [0.5, 0.6) is 11.5 Å². The summed E-state index contributed by atoms with van der Waals surface area (Å²) < 4.78 is 15.9. The monoisotopic (exact) mass is 353 g/mol. The lowest BCUT2D eigenvalue weighted by Gasteiger charge is -2.07. The Hall–Kier alpha value is -2.79. The van der Waals surface area contributed by atoms with Gasteiger partial charge in [0.2, 0.25) is 5.91 Å². The average molecular weight is 353 g/mol. The first-order valence-corrected chi connectivity index (χ1v) is 8.67. The molecule has 1 amide bonds. The van der Waals surface area contributed by atoms with E-state index >= 15 is 0 Å². The molecule has 5 nitrogen and oxygen atoms in total. The fourth-order valence-corrected chi connectivity index (χ4v) is 2.68. The van der Waals surface area contributed by atoms with Gasteiger partial charge in [-0.2, -0.15) is 0 Å². The standard InChI is InChI=1S/C21H23NO4/c1-24-12-13-25-19-6-2-17(3-7-19)15-22-21(23)9-5-16-4-8-20-18(14-16)10-11-26-20/h2-9,14H,10-13,15H2,1H3,(H,22,23)/b9-5+. The van der Waals surface area contributed by atoms with Crippen LogP contribution in [0, 0.1) is 0 Å². The zero-order chi connectivity index (χ0) is 18.2. The topological polar surface area (TPSA) is 56.8 Å². The maximum absolute atomic E-state index is 12.0. The summed E-state index contributed by atoms with van der Waals surface area (Å²) in [6.07, 6.45) is 4.30. The first kappa shape index (κ1) is 18.0. The highest BCUT2D eigenvalue weighted by Crippen LogP contribution is 2.26. The van der Waals surface area contributed by atoms with Crippen LogP contribution in [-0.2, 0) is 22.5 Å². The second-order valence-electron chi connectivity index (χ2n) is 6.00. The number of carbonyl (C=O) groups excluding carboxylic acids is 1. The molecule has 0 unspecified atom stereocenters. The summed E-state index contributed by atoms with van der Waals surface area (Å²) in [5, 5.41) is 2.88. The van der Waals surface area contributed by atoms with Gasteiger partial charge in [-0.1, -0.05) is 18.2 Å². The molecular weight excluding hydrogens is 330 g/mol. The average Bonchev–Trinajstić information content (AvgIpc) is 3.14. The van der Waals surface area contributed by atoms with E-state index in [-0.39, 0.29) is 5.91 Å². The molecule has 0 aromatic heterocycles. The number of carbonyl (C=O) groups is 1. The van der Waals surface area contributed by atoms with Gasteiger partial charge in [-0.15, -0.1) is 0 Å². The van der Waals surface area contributed by atoms with Crippen molar-refractivity contribution in [2.24, 2.45) is 0 Å². The van der Waals surface area contributed by atoms with Gasteiger partial charge in [0.25, 0.3) is 0 Å². The van der Waals surface area contributed by atoms with Crippen molar-refractivity contribution in [3.05, 3.63) is 65.2 Å². The number of rotatable bonds is 8. The Bertz CT molecular complexity index is 768. The summed E-state index contributed by atoms with van der Waals surface area (Å²) in [5.41, 5.74) is 3.21. The van der Waals surface area contributed by atoms with Gasteiger partial charge < -0.3 is 19.5 Å². The Balaban J connectivity index is 1.46. The highest BCUT2D eigenvalue weighted by Gasteiger charge is 2.11. The van der Waals surface area contributed by atoms with E-state index in [0.29, 0.717) is 19.8 Å². The van der Waals surface area contributed by atoms with Gasteiger partial charge in [-0.25, -0.2) is 0 Å². The van der Waals surface area contributed by atoms with E-state index in [1.807, 2.05) is 42.5 Å². The molecule has 1 N–H and O–H groups in total. The Morgan fingerprint density at radius 3 is 2.85 bits per heavy atom. The molecule has 2 aromatic carbocycles. The summed E-state index contributed by atoms with van der Waals surface area (Å²) in [4.78, 5) is 12.0. The summed E-state index contributed by atoms with van der Waals surface area (Å²) in [6.45, 7) is 2.28. The Morgan fingerprint density at radius 1 is 1.19 bits per heavy atom. The number of ether oxygens (including phenoxy) is 3. The van der Waals surface area contributed by atoms with Crippen molar-refractivity contribution >= 4 is 12.0 Å². The maximum Gasteiger partial charge on any atom is 0.244 e. The molecular formula is C21H23NO4. The van der Waals surface area contributed by atoms with Crippen LogP contribution in [0.25, 0.3) is 6.08 Å². The largest absolute Gasteiger partial charge is 0.493 e. The zero-order valence-electron chi connectivity index (χ0n) is 14.9. The molecule has 136 valence electrons. The van der Waals surface area contributed by atoms with Crippen LogP contribution in [0.15, 0.2) is 48.5 Å². The predicted octanol–water partition coefficient (Wildman–Crippen LogP) is 2.98. The molecule has 2 aromatic rings. The van der Waals surface area contributed by atoms with Gasteiger partial charge in [-0.3, -0.25) is 4.79 Å². The fourth-order valence-electron chi connectivity index (χ4n) is 2.68. The molecule has 1 aliphatic rings. The molecule has 1 heterocycles. The van der Waals surface area contributed by atoms with Crippen LogP contribution in [0.4, 0.5) is 0 Å². The van der Waals surface area contributed by atoms with E-state index in [9.17, 15) is 4.79 Å². The zero-order valence-corrected chi connectivity index (χ0v) is 14.9. The minimum Gasteiger partial charge on any atom is -0.493 e. The van der Waals surface area contributed by atoms with E-state index in [4.69, 9.17) is 14.2 Å². The lowest BCUT2D eigenvalue weighted by atomic mass is 10.1. The summed E-state index contributed by atoms with van der Waals surface area (Å²) in [6, 6.07) is 13.6. The third kappa shape index (κ3) is 5.10. The molecule has 1 aliphatic heterocycles. The van der Waals surface area contributed by atoms with E-state index < -0.39 is 0 Å². The number of benzene rings is 2. The van der Waals surface area contributed by atoms with Crippen molar-refractivity contribution < 1.29 is 19.0 Å². The summed E-state index contributed by atoms with van der Waals surface area (Å²) >= 11 is 0. The second kappa shape index (κ2) is 9.06. The molecule has 5 heteroatoms. The van der Waals surface area contributed by atoms with Crippen molar-refractivity contribution in [3.8, 4) is 11.5 Å². The highest BCUT2D eigenvalue weighted by atomic mass is 16.5. The second-order valence-corrected chi connectivity index (χ2v) is 6.00. The molecule has 0 spiro atoms. The minimum atomic E-state index is -0.123. The smallest absolute Gasteiger partial charge is 0.244 e. The van der Waals surface area contributed by atoms with E-state index in [1.54, 1.807) is 13.2 Å². The Morgan fingerprint density at radius 2 is 2.04 bits per heavy atom. The van der Waals surface area contributed by atoms with E-state index in [0.717, 1.165) is 35.7 Å². The van der Waals surface area contributed by atoms with Crippen LogP contribution in [0.1, 0.15) is 16.7 Å². The van der Waals surface area contributed by atoms with Gasteiger partial charge in [0.15, 0.2) is 0 Å². The molecule has 0 bridgehead atoms. The molecule has 26 heavy (non-hydrogen) atoms. The van der Waals surface area contributed by atoms with Crippen molar-refractivity contribution in [2.45, 2.75) is 13.0 Å². The van der Waals surface area contributed by atoms with Crippen LogP contribution in [-0.4, -0.2) is 32.8 Å². The van der Waals surface area contributed by atoms with E-state index in [2.05, 4.69) is 11.4 Å². The number of methoxy groups -OCH3 is 1. The number of hydrogen-bond acceptors (Lipinski definition) is 4. The third-order valence-electron chi connectivity index (χ3n) is 4.09. The van der Waals surface area contributed by atoms with Gasteiger partial charge >= 0.3 is 0 Å². The number of fused-ring (bicyclic) bond motifs is 1. The Kier molecular flexibility index (Phi) is 6.28. The van der Waals surface area contributed by atoms with Crippen molar-refractivity contribution in [2.75, 3.05) is 26.9 Å². The predicted molar refractivity (Wildman–Crippen MR) is 100 cm³/mol. The van der Waals surface area contributed by atoms with Crippen molar-refractivity contribution in [1.29, 1.82) is 0 Å². The fraction of sp³-hybridized carbons (Fsp3) is 0.286. The lowest BCUT2D eigenvalue weighted by Crippen LogP contribution is -2.20. The van der Waals surface area contributed by atoms with Crippen LogP contribution in [0.2, 0.25) is 0 Å². The van der Waals surface area contributed by atoms with E-state index in [1.165, 1.54) is 5.56 Å². The van der Waals surface area contributed by atoms with Gasteiger partial charge in [-0.05, 0) is 47.0 Å². The van der Waals surface area contributed by atoms with Crippen molar-refractivity contribution in [3.63, 3.8) is 0 Å². The van der Waals surface area contributed by atoms with Gasteiger partial charge in [0, 0.05) is 26.2 Å².